The molecular formula is C21H20F3N5O3. The van der Waals surface area contributed by atoms with Gasteiger partial charge in [-0.1, -0.05) is 30.3 Å². The molecule has 0 saturated carbocycles. The summed E-state index contributed by atoms with van der Waals surface area (Å²) in [4.78, 5) is 23.2. The average molecular weight is 447 g/mol. The maximum absolute atomic E-state index is 13.4. The minimum absolute atomic E-state index is 0.0262. The highest BCUT2D eigenvalue weighted by molar-refractivity contribution is 5.85. The smallest absolute Gasteiger partial charge is 0.433 e. The normalized spacial score (nSPS) is 11.2. The van der Waals surface area contributed by atoms with Gasteiger partial charge >= 0.3 is 12.3 Å². The van der Waals surface area contributed by atoms with Gasteiger partial charge in [0.15, 0.2) is 0 Å². The van der Waals surface area contributed by atoms with Gasteiger partial charge < -0.3 is 20.5 Å². The van der Waals surface area contributed by atoms with E-state index in [9.17, 15) is 18.0 Å². The van der Waals surface area contributed by atoms with Crippen molar-refractivity contribution in [1.29, 1.82) is 0 Å². The van der Waals surface area contributed by atoms with E-state index in [-0.39, 0.29) is 41.8 Å². The summed E-state index contributed by atoms with van der Waals surface area (Å²) in [5, 5.41) is 2.44. The van der Waals surface area contributed by atoms with Crippen molar-refractivity contribution in [2.45, 2.75) is 13.1 Å². The number of pyridine rings is 1. The molecule has 0 unspecified atom stereocenters. The number of carbonyl (C=O) groups is 1. The monoisotopic (exact) mass is 447 g/mol. The van der Waals surface area contributed by atoms with Crippen LogP contribution in [0.3, 0.4) is 0 Å². The Morgan fingerprint density at radius 3 is 2.47 bits per heavy atom. The van der Waals surface area contributed by atoms with Crippen molar-refractivity contribution in [3.8, 4) is 28.3 Å². The quantitative estimate of drug-likeness (QED) is 0.552. The second kappa shape index (κ2) is 9.50. The molecule has 168 valence electrons. The van der Waals surface area contributed by atoms with Crippen LogP contribution >= 0.6 is 0 Å². The molecule has 2 aromatic heterocycles. The molecule has 1 amide bonds. The van der Waals surface area contributed by atoms with Crippen molar-refractivity contribution in [3.05, 3.63) is 53.9 Å². The van der Waals surface area contributed by atoms with Gasteiger partial charge in [0.05, 0.1) is 24.9 Å². The summed E-state index contributed by atoms with van der Waals surface area (Å²) >= 11 is 0. The first-order valence-electron chi connectivity index (χ1n) is 9.43. The van der Waals surface area contributed by atoms with Crippen molar-refractivity contribution < 1.29 is 27.4 Å². The number of aromatic nitrogens is 3. The molecule has 0 fully saturated rings. The predicted octanol–water partition coefficient (Wildman–Crippen LogP) is 3.85. The second-order valence-electron chi connectivity index (χ2n) is 6.62. The Balaban J connectivity index is 2.13. The van der Waals surface area contributed by atoms with Crippen molar-refractivity contribution in [3.63, 3.8) is 0 Å². The molecule has 3 N–H and O–H groups in total. The van der Waals surface area contributed by atoms with Gasteiger partial charge in [-0.25, -0.2) is 14.8 Å². The summed E-state index contributed by atoms with van der Waals surface area (Å²) in [5.41, 5.74) is 6.26. The molecule has 2 heterocycles. The third kappa shape index (κ3) is 5.42. The Morgan fingerprint density at radius 2 is 1.81 bits per heavy atom. The molecule has 0 bridgehead atoms. The van der Waals surface area contributed by atoms with E-state index >= 15 is 0 Å². The fourth-order valence-electron chi connectivity index (χ4n) is 2.96. The van der Waals surface area contributed by atoms with E-state index in [4.69, 9.17) is 10.5 Å². The van der Waals surface area contributed by atoms with Crippen LogP contribution < -0.4 is 15.8 Å². The maximum Gasteiger partial charge on any atom is 0.433 e. The lowest BCUT2D eigenvalue weighted by molar-refractivity contribution is -0.141. The number of methoxy groups -OCH3 is 1. The number of nitrogen functional groups attached to an aromatic ring is 1. The zero-order chi connectivity index (χ0) is 23.3. The number of hydrogen-bond acceptors (Lipinski definition) is 7. The first-order valence-corrected chi connectivity index (χ1v) is 9.43. The van der Waals surface area contributed by atoms with Crippen LogP contribution in [-0.2, 0) is 10.9 Å². The molecule has 32 heavy (non-hydrogen) atoms. The van der Waals surface area contributed by atoms with Crippen LogP contribution in [0.4, 0.5) is 23.9 Å². The van der Waals surface area contributed by atoms with E-state index in [2.05, 4.69) is 25.0 Å². The Hall–Kier alpha value is -3.89. The highest BCUT2D eigenvalue weighted by Crippen LogP contribution is 2.39. The summed E-state index contributed by atoms with van der Waals surface area (Å²) < 4.78 is 50.4. The zero-order valence-electron chi connectivity index (χ0n) is 17.2. The van der Waals surface area contributed by atoms with Crippen molar-refractivity contribution in [2.24, 2.45) is 0 Å². The molecule has 0 aliphatic rings. The summed E-state index contributed by atoms with van der Waals surface area (Å²) in [5.74, 6) is -0.146. The Kier molecular flexibility index (Phi) is 6.76. The number of nitrogens with two attached hydrogens (primary N) is 1. The molecule has 0 saturated heterocycles. The van der Waals surface area contributed by atoms with E-state index in [1.165, 1.54) is 20.1 Å². The van der Waals surface area contributed by atoms with Crippen LogP contribution in [0.5, 0.6) is 5.88 Å². The van der Waals surface area contributed by atoms with E-state index in [0.29, 0.717) is 11.3 Å². The molecule has 0 aliphatic carbocycles. The lowest BCUT2D eigenvalue weighted by Gasteiger charge is -2.17. The number of alkyl carbamates (subject to hydrolysis) is 1. The summed E-state index contributed by atoms with van der Waals surface area (Å²) in [7, 11) is 1.22. The highest BCUT2D eigenvalue weighted by Gasteiger charge is 2.33. The van der Waals surface area contributed by atoms with E-state index in [1.54, 1.807) is 30.3 Å². The number of halogens is 3. The number of alkyl halides is 3. The van der Waals surface area contributed by atoms with E-state index in [0.717, 1.165) is 6.07 Å². The molecule has 3 aromatic rings. The minimum Gasteiger partial charge on any atom is -0.475 e. The number of aryl methyl sites for hydroxylation is 1. The summed E-state index contributed by atoms with van der Waals surface area (Å²) in [6, 6.07) is 11.2. The number of amides is 1. The number of rotatable bonds is 6. The van der Waals surface area contributed by atoms with Gasteiger partial charge in [-0.2, -0.15) is 18.2 Å². The Labute approximate surface area is 181 Å². The Bertz CT molecular complexity index is 1110. The van der Waals surface area contributed by atoms with Crippen molar-refractivity contribution in [1.82, 2.24) is 20.3 Å². The molecule has 8 nitrogen and oxygen atoms in total. The van der Waals surface area contributed by atoms with E-state index in [1.807, 2.05) is 0 Å². The zero-order valence-corrected chi connectivity index (χ0v) is 17.2. The largest absolute Gasteiger partial charge is 0.475 e. The van der Waals surface area contributed by atoms with Gasteiger partial charge in [-0.3, -0.25) is 0 Å². The molecule has 0 radical (unpaired) electrons. The van der Waals surface area contributed by atoms with Gasteiger partial charge in [-0.15, -0.1) is 0 Å². The van der Waals surface area contributed by atoms with Crippen LogP contribution in [-0.4, -0.2) is 41.3 Å². The number of carbonyl (C=O) groups excluding carboxylic acids is 1. The standard InChI is InChI=1S/C21H20F3N5O3/c1-12-10-14(11-15(27-12)21(22,23)24)16-17(13-6-4-3-5-7-13)28-19(25)29-18(16)32-9-8-26-20(30)31-2/h3-7,10-11H,8-9H2,1-2H3,(H,26,30)(H2,25,28,29). The lowest BCUT2D eigenvalue weighted by Crippen LogP contribution is -2.28. The summed E-state index contributed by atoms with van der Waals surface area (Å²) in [6.07, 6.45) is -5.30. The Morgan fingerprint density at radius 1 is 1.09 bits per heavy atom. The molecule has 1 aromatic carbocycles. The van der Waals surface area contributed by atoms with Crippen LogP contribution in [0, 0.1) is 6.92 Å². The predicted molar refractivity (Wildman–Crippen MR) is 111 cm³/mol. The van der Waals surface area contributed by atoms with Crippen LogP contribution in [0.15, 0.2) is 42.5 Å². The third-order valence-corrected chi connectivity index (χ3v) is 4.27. The number of ether oxygens (including phenoxy) is 2. The molecule has 0 atom stereocenters. The first kappa shape index (κ1) is 22.8. The number of nitrogens with zero attached hydrogens (tertiary/aromatic N) is 3. The van der Waals surface area contributed by atoms with Crippen molar-refractivity contribution in [2.75, 3.05) is 26.0 Å². The lowest BCUT2D eigenvalue weighted by atomic mass is 9.99. The molecule has 3 rings (SSSR count). The van der Waals surface area contributed by atoms with Gasteiger partial charge in [0.2, 0.25) is 11.8 Å². The topological polar surface area (TPSA) is 112 Å². The number of anilines is 1. The number of benzene rings is 1. The van der Waals surface area contributed by atoms with Gasteiger partial charge in [-0.05, 0) is 24.6 Å². The van der Waals surface area contributed by atoms with Crippen LogP contribution in [0.1, 0.15) is 11.4 Å². The first-order chi connectivity index (χ1) is 15.2. The highest BCUT2D eigenvalue weighted by atomic mass is 19.4. The fraction of sp³-hybridized carbons (Fsp3) is 0.238. The fourth-order valence-corrected chi connectivity index (χ4v) is 2.96. The molecule has 0 aliphatic heterocycles. The third-order valence-electron chi connectivity index (χ3n) is 4.27. The summed E-state index contributed by atoms with van der Waals surface area (Å²) in [6.45, 7) is 1.49. The SMILES string of the molecule is COC(=O)NCCOc1nc(N)nc(-c2ccccc2)c1-c1cc(C)nc(C(F)(F)F)c1. The van der Waals surface area contributed by atoms with Gasteiger partial charge in [0.25, 0.3) is 0 Å². The second-order valence-corrected chi connectivity index (χ2v) is 6.62. The van der Waals surface area contributed by atoms with E-state index < -0.39 is 18.0 Å². The molecular weight excluding hydrogens is 427 g/mol. The van der Waals surface area contributed by atoms with Crippen LogP contribution in [0.2, 0.25) is 0 Å². The minimum atomic E-state index is -4.65. The number of hydrogen-bond donors (Lipinski definition) is 2. The maximum atomic E-state index is 13.4. The molecule has 11 heteroatoms. The number of nitrogens with one attached hydrogen (secondary N) is 1. The average Bonchev–Trinajstić information content (AvgIpc) is 2.75. The van der Waals surface area contributed by atoms with Gasteiger partial charge in [0.1, 0.15) is 12.3 Å². The molecule has 0 spiro atoms. The van der Waals surface area contributed by atoms with Gasteiger partial charge in [0, 0.05) is 11.3 Å². The van der Waals surface area contributed by atoms with Crippen LogP contribution in [0.25, 0.3) is 22.4 Å². The van der Waals surface area contributed by atoms with Crippen molar-refractivity contribution >= 4 is 12.0 Å².